The molecule has 1 aromatic carbocycles. The molecule has 0 aliphatic rings. The van der Waals surface area contributed by atoms with Gasteiger partial charge in [0.2, 0.25) is 0 Å². The number of rotatable bonds is 8. The van der Waals surface area contributed by atoms with Gasteiger partial charge in [-0.05, 0) is 37.5 Å². The smallest absolute Gasteiger partial charge is 0.354 e. The lowest BCUT2D eigenvalue weighted by atomic mass is 10.1. The number of esters is 1. The SMILES string of the molecule is CCOC(=O)c1ccc(-c2ccccc2)n1CCCCOC. The minimum Gasteiger partial charge on any atom is -0.461 e. The van der Waals surface area contributed by atoms with Gasteiger partial charge >= 0.3 is 5.97 Å². The molecule has 0 N–H and O–H groups in total. The second kappa shape index (κ2) is 8.39. The molecule has 0 spiro atoms. The number of ether oxygens (including phenoxy) is 2. The Balaban J connectivity index is 2.27. The zero-order chi connectivity index (χ0) is 15.8. The summed E-state index contributed by atoms with van der Waals surface area (Å²) >= 11 is 0. The van der Waals surface area contributed by atoms with E-state index in [0.717, 1.165) is 37.3 Å². The zero-order valence-corrected chi connectivity index (χ0v) is 13.2. The molecular weight excluding hydrogens is 278 g/mol. The summed E-state index contributed by atoms with van der Waals surface area (Å²) in [6.45, 7) is 3.71. The van der Waals surface area contributed by atoms with Crippen molar-refractivity contribution >= 4 is 5.97 Å². The number of hydrogen-bond donors (Lipinski definition) is 0. The highest BCUT2D eigenvalue weighted by atomic mass is 16.5. The van der Waals surface area contributed by atoms with Crippen molar-refractivity contribution in [3.05, 3.63) is 48.2 Å². The fraction of sp³-hybridized carbons (Fsp3) is 0.389. The summed E-state index contributed by atoms with van der Waals surface area (Å²) < 4.78 is 12.3. The normalized spacial score (nSPS) is 10.6. The molecule has 2 rings (SSSR count). The lowest BCUT2D eigenvalue weighted by molar-refractivity contribution is 0.0513. The van der Waals surface area contributed by atoms with Crippen molar-refractivity contribution in [3.63, 3.8) is 0 Å². The molecular formula is C18H23NO3. The summed E-state index contributed by atoms with van der Waals surface area (Å²) in [5.41, 5.74) is 2.75. The first-order chi connectivity index (χ1) is 10.8. The Morgan fingerprint density at radius 2 is 1.86 bits per heavy atom. The van der Waals surface area contributed by atoms with Crippen LogP contribution in [-0.4, -0.2) is 30.9 Å². The van der Waals surface area contributed by atoms with Gasteiger partial charge in [0.05, 0.1) is 6.61 Å². The molecule has 0 saturated heterocycles. The second-order valence-corrected chi connectivity index (χ2v) is 5.04. The number of carbonyl (C=O) groups excluding carboxylic acids is 1. The van der Waals surface area contributed by atoms with Gasteiger partial charge in [-0.1, -0.05) is 30.3 Å². The molecule has 2 aromatic rings. The van der Waals surface area contributed by atoms with Gasteiger partial charge in [0.25, 0.3) is 0 Å². The van der Waals surface area contributed by atoms with Gasteiger partial charge in [0.15, 0.2) is 0 Å². The topological polar surface area (TPSA) is 40.5 Å². The molecule has 0 fully saturated rings. The van der Waals surface area contributed by atoms with Crippen molar-refractivity contribution in [2.24, 2.45) is 0 Å². The average Bonchev–Trinajstić information content (AvgIpc) is 2.96. The van der Waals surface area contributed by atoms with Crippen LogP contribution in [0.3, 0.4) is 0 Å². The van der Waals surface area contributed by atoms with E-state index in [1.54, 1.807) is 7.11 Å². The number of unbranched alkanes of at least 4 members (excludes halogenated alkanes) is 1. The van der Waals surface area contributed by atoms with Gasteiger partial charge in [0.1, 0.15) is 5.69 Å². The molecule has 4 nitrogen and oxygen atoms in total. The maximum Gasteiger partial charge on any atom is 0.354 e. The second-order valence-electron chi connectivity index (χ2n) is 5.04. The molecule has 0 amide bonds. The highest BCUT2D eigenvalue weighted by molar-refractivity contribution is 5.89. The average molecular weight is 301 g/mol. The highest BCUT2D eigenvalue weighted by Crippen LogP contribution is 2.23. The van der Waals surface area contributed by atoms with Crippen molar-refractivity contribution in [2.75, 3.05) is 20.3 Å². The summed E-state index contributed by atoms with van der Waals surface area (Å²) in [5.74, 6) is -0.267. The van der Waals surface area contributed by atoms with Crippen LogP contribution in [0.4, 0.5) is 0 Å². The summed E-state index contributed by atoms with van der Waals surface area (Å²) in [6.07, 6.45) is 1.92. The van der Waals surface area contributed by atoms with Gasteiger partial charge in [-0.25, -0.2) is 4.79 Å². The third-order valence-electron chi connectivity index (χ3n) is 3.51. The molecule has 1 heterocycles. The summed E-state index contributed by atoms with van der Waals surface area (Å²) in [7, 11) is 1.70. The zero-order valence-electron chi connectivity index (χ0n) is 13.2. The van der Waals surface area contributed by atoms with Crippen LogP contribution in [0.15, 0.2) is 42.5 Å². The Hall–Kier alpha value is -2.07. The van der Waals surface area contributed by atoms with Gasteiger partial charge in [-0.3, -0.25) is 0 Å². The minimum atomic E-state index is -0.267. The number of methoxy groups -OCH3 is 1. The quantitative estimate of drug-likeness (QED) is 0.550. The molecule has 22 heavy (non-hydrogen) atoms. The molecule has 0 radical (unpaired) electrons. The molecule has 0 saturated carbocycles. The van der Waals surface area contributed by atoms with Crippen molar-refractivity contribution in [1.82, 2.24) is 4.57 Å². The fourth-order valence-electron chi connectivity index (χ4n) is 2.47. The van der Waals surface area contributed by atoms with E-state index in [-0.39, 0.29) is 5.97 Å². The number of benzene rings is 1. The van der Waals surface area contributed by atoms with Crippen LogP contribution in [0.2, 0.25) is 0 Å². The lowest BCUT2D eigenvalue weighted by Crippen LogP contribution is -2.13. The minimum absolute atomic E-state index is 0.267. The van der Waals surface area contributed by atoms with Crippen LogP contribution in [0, 0.1) is 0 Å². The van der Waals surface area contributed by atoms with E-state index in [4.69, 9.17) is 9.47 Å². The van der Waals surface area contributed by atoms with Crippen LogP contribution >= 0.6 is 0 Å². The molecule has 0 aliphatic heterocycles. The summed E-state index contributed by atoms with van der Waals surface area (Å²) in [4.78, 5) is 12.1. The van der Waals surface area contributed by atoms with Crippen molar-refractivity contribution in [2.45, 2.75) is 26.3 Å². The van der Waals surface area contributed by atoms with E-state index in [9.17, 15) is 4.79 Å². The summed E-state index contributed by atoms with van der Waals surface area (Å²) in [5, 5.41) is 0. The van der Waals surface area contributed by atoms with Gasteiger partial charge in [-0.15, -0.1) is 0 Å². The van der Waals surface area contributed by atoms with Gasteiger partial charge in [-0.2, -0.15) is 0 Å². The molecule has 0 unspecified atom stereocenters. The van der Waals surface area contributed by atoms with Crippen molar-refractivity contribution in [3.8, 4) is 11.3 Å². The molecule has 118 valence electrons. The van der Waals surface area contributed by atoms with Crippen LogP contribution in [0.25, 0.3) is 11.3 Å². The first-order valence-corrected chi connectivity index (χ1v) is 7.69. The molecule has 1 aromatic heterocycles. The van der Waals surface area contributed by atoms with E-state index in [2.05, 4.69) is 12.1 Å². The summed E-state index contributed by atoms with van der Waals surface area (Å²) in [6, 6.07) is 13.9. The largest absolute Gasteiger partial charge is 0.461 e. The fourth-order valence-corrected chi connectivity index (χ4v) is 2.47. The van der Waals surface area contributed by atoms with Crippen LogP contribution in [0.5, 0.6) is 0 Å². The van der Waals surface area contributed by atoms with Crippen LogP contribution < -0.4 is 0 Å². The van der Waals surface area contributed by atoms with E-state index >= 15 is 0 Å². The van der Waals surface area contributed by atoms with E-state index < -0.39 is 0 Å². The van der Waals surface area contributed by atoms with E-state index in [1.807, 2.05) is 41.8 Å². The van der Waals surface area contributed by atoms with Gasteiger partial charge in [0, 0.05) is 26.0 Å². The Morgan fingerprint density at radius 1 is 1.09 bits per heavy atom. The number of carbonyl (C=O) groups is 1. The molecule has 4 heteroatoms. The van der Waals surface area contributed by atoms with Gasteiger partial charge < -0.3 is 14.0 Å². The number of nitrogens with zero attached hydrogens (tertiary/aromatic N) is 1. The Kier molecular flexibility index (Phi) is 6.22. The Bertz CT molecular complexity index is 590. The van der Waals surface area contributed by atoms with Crippen LogP contribution in [-0.2, 0) is 16.0 Å². The van der Waals surface area contributed by atoms with Crippen molar-refractivity contribution in [1.29, 1.82) is 0 Å². The third kappa shape index (κ3) is 3.98. The van der Waals surface area contributed by atoms with E-state index in [1.165, 1.54) is 0 Å². The maximum atomic E-state index is 12.1. The highest BCUT2D eigenvalue weighted by Gasteiger charge is 2.16. The third-order valence-corrected chi connectivity index (χ3v) is 3.51. The molecule has 0 bridgehead atoms. The first kappa shape index (κ1) is 16.3. The Labute approximate surface area is 131 Å². The predicted molar refractivity (Wildman–Crippen MR) is 86.9 cm³/mol. The number of hydrogen-bond acceptors (Lipinski definition) is 3. The standard InChI is InChI=1S/C18H23NO3/c1-3-22-18(20)17-12-11-16(15-9-5-4-6-10-15)19(17)13-7-8-14-21-2/h4-6,9-12H,3,7-8,13-14H2,1-2H3. The first-order valence-electron chi connectivity index (χ1n) is 7.69. The lowest BCUT2D eigenvalue weighted by Gasteiger charge is -2.13. The van der Waals surface area contributed by atoms with Crippen LogP contribution in [0.1, 0.15) is 30.3 Å². The monoisotopic (exact) mass is 301 g/mol. The maximum absolute atomic E-state index is 12.1. The Morgan fingerprint density at radius 3 is 2.55 bits per heavy atom. The van der Waals surface area contributed by atoms with E-state index in [0.29, 0.717) is 12.3 Å². The number of aromatic nitrogens is 1. The molecule has 0 aliphatic carbocycles. The predicted octanol–water partition coefficient (Wildman–Crippen LogP) is 3.76. The molecule has 0 atom stereocenters. The van der Waals surface area contributed by atoms with Crippen molar-refractivity contribution < 1.29 is 14.3 Å².